The highest BCUT2D eigenvalue weighted by atomic mass is 32.1. The van der Waals surface area contributed by atoms with E-state index in [1.807, 2.05) is 35.7 Å². The summed E-state index contributed by atoms with van der Waals surface area (Å²) in [6.07, 6.45) is -2.64. The molecule has 0 aliphatic rings. The van der Waals surface area contributed by atoms with Crippen LogP contribution in [0.3, 0.4) is 0 Å². The molecular weight excluding hydrogens is 465 g/mol. The highest BCUT2D eigenvalue weighted by Gasteiger charge is 2.37. The van der Waals surface area contributed by atoms with E-state index < -0.39 is 12.0 Å². The molecule has 0 aliphatic heterocycles. The summed E-state index contributed by atoms with van der Waals surface area (Å²) in [5.41, 5.74) is 3.36. The minimum Gasteiger partial charge on any atom is -0.284 e. The van der Waals surface area contributed by atoms with Gasteiger partial charge in [0, 0.05) is 35.3 Å². The van der Waals surface area contributed by atoms with Gasteiger partial charge in [0.2, 0.25) is 5.91 Å². The van der Waals surface area contributed by atoms with E-state index in [0.29, 0.717) is 22.1 Å². The molecule has 0 radical (unpaired) electrons. The maximum absolute atomic E-state index is 13.1. The van der Waals surface area contributed by atoms with Crippen LogP contribution in [-0.4, -0.2) is 37.0 Å². The number of amides is 1. The molecule has 1 aromatic carbocycles. The summed E-state index contributed by atoms with van der Waals surface area (Å²) in [5.74, 6) is -1.55. The number of carbonyl (C=O) groups excluding carboxylic acids is 1. The molecule has 0 fully saturated rings. The second-order valence-electron chi connectivity index (χ2n) is 7.58. The predicted molar refractivity (Wildman–Crippen MR) is 124 cm³/mol. The van der Waals surface area contributed by atoms with Crippen molar-refractivity contribution in [1.29, 1.82) is 0 Å². The second-order valence-corrected chi connectivity index (χ2v) is 8.42. The minimum atomic E-state index is -4.67. The Morgan fingerprint density at radius 3 is 2.59 bits per heavy atom. The number of anilines is 1. The van der Waals surface area contributed by atoms with E-state index in [-0.39, 0.29) is 31.1 Å². The van der Waals surface area contributed by atoms with Crippen molar-refractivity contribution in [1.82, 2.24) is 24.6 Å². The molecule has 0 spiro atoms. The maximum atomic E-state index is 13.1. The predicted octanol–water partition coefficient (Wildman–Crippen LogP) is 5.04. The topological polar surface area (TPSA) is 76.3 Å². The number of halogens is 3. The van der Waals surface area contributed by atoms with Crippen molar-refractivity contribution in [3.8, 4) is 11.3 Å². The summed E-state index contributed by atoms with van der Waals surface area (Å²) in [6, 6.07) is 9.65. The highest BCUT2D eigenvalue weighted by molar-refractivity contribution is 7.14. The summed E-state index contributed by atoms with van der Waals surface area (Å²) >= 11 is 1.36. The Hall–Kier alpha value is -3.60. The van der Waals surface area contributed by atoms with Crippen LogP contribution < -0.4 is 4.90 Å². The quantitative estimate of drug-likeness (QED) is 0.342. The van der Waals surface area contributed by atoms with Crippen LogP contribution in [0.5, 0.6) is 0 Å². The Morgan fingerprint density at radius 1 is 1.18 bits per heavy atom. The van der Waals surface area contributed by atoms with Gasteiger partial charge in [-0.25, -0.2) is 14.5 Å². The number of alkyl halides is 3. The van der Waals surface area contributed by atoms with E-state index in [2.05, 4.69) is 26.6 Å². The summed E-state index contributed by atoms with van der Waals surface area (Å²) < 4.78 is 40.1. The van der Waals surface area contributed by atoms with Gasteiger partial charge in [0.25, 0.3) is 11.6 Å². The van der Waals surface area contributed by atoms with Gasteiger partial charge in [-0.05, 0) is 25.8 Å². The van der Waals surface area contributed by atoms with Crippen LogP contribution in [-0.2, 0) is 17.4 Å². The van der Waals surface area contributed by atoms with Gasteiger partial charge in [0.15, 0.2) is 5.13 Å². The number of thiazole rings is 1. The lowest BCUT2D eigenvalue weighted by atomic mass is 10.1. The second kappa shape index (κ2) is 9.34. The lowest BCUT2D eigenvalue weighted by Gasteiger charge is -2.18. The molecule has 0 N–H and O–H groups in total. The van der Waals surface area contributed by atoms with E-state index in [1.165, 1.54) is 11.3 Å². The molecule has 0 unspecified atom stereocenters. The lowest BCUT2D eigenvalue weighted by molar-refractivity contribution is -0.144. The van der Waals surface area contributed by atoms with Crippen LogP contribution >= 0.6 is 11.3 Å². The van der Waals surface area contributed by atoms with Crippen LogP contribution in [0.2, 0.25) is 0 Å². The lowest BCUT2D eigenvalue weighted by Crippen LogP contribution is -2.31. The highest BCUT2D eigenvalue weighted by Crippen LogP contribution is 2.29. The summed E-state index contributed by atoms with van der Waals surface area (Å²) in [6.45, 7) is 7.35. The number of benzene rings is 1. The molecule has 0 bridgehead atoms. The Morgan fingerprint density at radius 2 is 1.91 bits per heavy atom. The molecule has 3 aromatic heterocycles. The van der Waals surface area contributed by atoms with Crippen LogP contribution in [0.4, 0.5) is 18.3 Å². The van der Waals surface area contributed by atoms with Crippen LogP contribution in [0.1, 0.15) is 29.2 Å². The van der Waals surface area contributed by atoms with Crippen molar-refractivity contribution in [3.05, 3.63) is 71.1 Å². The van der Waals surface area contributed by atoms with Crippen molar-refractivity contribution in [2.24, 2.45) is 0 Å². The van der Waals surface area contributed by atoms with E-state index in [9.17, 15) is 18.0 Å². The van der Waals surface area contributed by atoms with E-state index >= 15 is 0 Å². The number of nitrogens with zero attached hydrogens (tertiary/aromatic N) is 6. The standard InChI is InChI=1S/C23H21F3N6OS/c1-4-12-31(22-28-18(13-34-22)16-8-6-5-7-9-16)19(33)11-10-17-14(2)27-21-29-20(23(24,25)26)30-32(21)15(17)3/h4-9,13H,1,10-12H2,2-3H3. The van der Waals surface area contributed by atoms with Gasteiger partial charge in [0.05, 0.1) is 5.69 Å². The van der Waals surface area contributed by atoms with Gasteiger partial charge in [0.1, 0.15) is 0 Å². The molecule has 11 heteroatoms. The number of hydrogen-bond donors (Lipinski definition) is 0. The van der Waals surface area contributed by atoms with Crippen LogP contribution in [0.25, 0.3) is 17.0 Å². The zero-order valence-electron chi connectivity index (χ0n) is 18.5. The molecule has 0 aliphatic carbocycles. The molecule has 7 nitrogen and oxygen atoms in total. The van der Waals surface area contributed by atoms with Crippen LogP contribution in [0, 0.1) is 13.8 Å². The van der Waals surface area contributed by atoms with Gasteiger partial charge in [-0.15, -0.1) is 23.0 Å². The maximum Gasteiger partial charge on any atom is 0.453 e. The Bertz CT molecular complexity index is 1350. The van der Waals surface area contributed by atoms with Crippen molar-refractivity contribution in [3.63, 3.8) is 0 Å². The Kier molecular flexibility index (Phi) is 6.47. The Labute approximate surface area is 197 Å². The molecular formula is C23H21F3N6OS. The molecule has 176 valence electrons. The van der Waals surface area contributed by atoms with Gasteiger partial charge < -0.3 is 0 Å². The number of rotatable bonds is 7. The first-order valence-electron chi connectivity index (χ1n) is 10.4. The summed E-state index contributed by atoms with van der Waals surface area (Å²) in [7, 11) is 0. The summed E-state index contributed by atoms with van der Waals surface area (Å²) in [4.78, 5) is 26.9. The summed E-state index contributed by atoms with van der Waals surface area (Å²) in [5, 5.41) is 6.00. The first-order chi connectivity index (χ1) is 16.2. The first-order valence-corrected chi connectivity index (χ1v) is 11.3. The fourth-order valence-corrected chi connectivity index (χ4v) is 4.46. The SMILES string of the molecule is C=CCN(C(=O)CCc1c(C)nc2nc(C(F)(F)F)nn2c1C)c1nc(-c2ccccc2)cs1. The van der Waals surface area contributed by atoms with Crippen molar-refractivity contribution >= 4 is 28.2 Å². The number of hydrogen-bond acceptors (Lipinski definition) is 6. The third kappa shape index (κ3) is 4.69. The van der Waals surface area contributed by atoms with Gasteiger partial charge in [-0.2, -0.15) is 18.2 Å². The fourth-order valence-electron chi connectivity index (χ4n) is 3.60. The van der Waals surface area contributed by atoms with Crippen molar-refractivity contribution < 1.29 is 18.0 Å². The number of aromatic nitrogens is 5. The van der Waals surface area contributed by atoms with Gasteiger partial charge >= 0.3 is 6.18 Å². The van der Waals surface area contributed by atoms with Crippen LogP contribution in [0.15, 0.2) is 48.4 Å². The zero-order chi connectivity index (χ0) is 24.5. The molecule has 0 saturated heterocycles. The van der Waals surface area contributed by atoms with Gasteiger partial charge in [-0.3, -0.25) is 9.69 Å². The Balaban J connectivity index is 1.56. The third-order valence-electron chi connectivity index (χ3n) is 5.30. The van der Waals surface area contributed by atoms with E-state index in [0.717, 1.165) is 15.8 Å². The molecule has 34 heavy (non-hydrogen) atoms. The van der Waals surface area contributed by atoms with E-state index in [1.54, 1.807) is 24.8 Å². The molecule has 4 aromatic rings. The molecule has 0 atom stereocenters. The molecule has 4 rings (SSSR count). The first kappa shape index (κ1) is 23.6. The molecule has 3 heterocycles. The van der Waals surface area contributed by atoms with E-state index in [4.69, 9.17) is 0 Å². The minimum absolute atomic E-state index is 0.115. The number of carbonyl (C=O) groups is 1. The fraction of sp³-hybridized carbons (Fsp3) is 0.261. The molecule has 0 saturated carbocycles. The van der Waals surface area contributed by atoms with Crippen molar-refractivity contribution in [2.75, 3.05) is 11.4 Å². The zero-order valence-corrected chi connectivity index (χ0v) is 19.3. The monoisotopic (exact) mass is 486 g/mol. The average Bonchev–Trinajstić information content (AvgIpc) is 3.45. The average molecular weight is 487 g/mol. The third-order valence-corrected chi connectivity index (χ3v) is 6.16. The number of fused-ring (bicyclic) bond motifs is 1. The normalized spacial score (nSPS) is 11.7. The number of aryl methyl sites for hydroxylation is 2. The smallest absolute Gasteiger partial charge is 0.284 e. The van der Waals surface area contributed by atoms with Crippen molar-refractivity contribution in [2.45, 2.75) is 32.9 Å². The largest absolute Gasteiger partial charge is 0.453 e. The molecule has 1 amide bonds. The van der Waals surface area contributed by atoms with Gasteiger partial charge in [-0.1, -0.05) is 36.4 Å².